The fourth-order valence-electron chi connectivity index (χ4n) is 2.15. The smallest absolute Gasteiger partial charge is 0.251 e. The van der Waals surface area contributed by atoms with Crippen molar-refractivity contribution in [1.29, 1.82) is 0 Å². The minimum atomic E-state index is -0.0434. The molecule has 1 aromatic carbocycles. The molecule has 0 unspecified atom stereocenters. The lowest BCUT2D eigenvalue weighted by molar-refractivity contribution is 0.0951. The quantitative estimate of drug-likeness (QED) is 0.409. The minimum absolute atomic E-state index is 0. The Labute approximate surface area is 162 Å². The molecule has 6 nitrogen and oxygen atoms in total. The molecule has 1 amide bonds. The number of carbonyl (C=O) groups is 1. The molecule has 0 saturated heterocycles. The van der Waals surface area contributed by atoms with Crippen molar-refractivity contribution in [3.05, 3.63) is 35.4 Å². The van der Waals surface area contributed by atoms with E-state index in [4.69, 9.17) is 0 Å². The number of carbonyl (C=O) groups excluding carboxylic acids is 1. The van der Waals surface area contributed by atoms with Crippen molar-refractivity contribution >= 4 is 35.8 Å². The molecule has 0 aliphatic rings. The fraction of sp³-hybridized carbons (Fsp3) is 0.529. The summed E-state index contributed by atoms with van der Waals surface area (Å²) in [7, 11) is 11.8. The number of hydrogen-bond donors (Lipinski definition) is 1. The molecule has 7 heteroatoms. The third-order valence-corrected chi connectivity index (χ3v) is 3.24. The maximum Gasteiger partial charge on any atom is 0.251 e. The zero-order valence-corrected chi connectivity index (χ0v) is 17.9. The van der Waals surface area contributed by atoms with Crippen LogP contribution in [0.3, 0.4) is 0 Å². The van der Waals surface area contributed by atoms with Gasteiger partial charge in [-0.2, -0.15) is 0 Å². The first-order chi connectivity index (χ1) is 10.8. The van der Waals surface area contributed by atoms with Crippen LogP contribution in [0.25, 0.3) is 0 Å². The molecule has 0 heterocycles. The van der Waals surface area contributed by atoms with Crippen molar-refractivity contribution in [2.45, 2.75) is 6.54 Å². The molecule has 0 spiro atoms. The molecule has 0 atom stereocenters. The van der Waals surface area contributed by atoms with Gasteiger partial charge < -0.3 is 20.0 Å². The number of likely N-dealkylation sites (N-methyl/N-ethyl adjacent to an activating group) is 1. The van der Waals surface area contributed by atoms with Gasteiger partial charge in [0, 0.05) is 46.8 Å². The highest BCUT2D eigenvalue weighted by Crippen LogP contribution is 2.07. The maximum atomic E-state index is 12.2. The first-order valence-electron chi connectivity index (χ1n) is 7.72. The number of guanidine groups is 1. The van der Waals surface area contributed by atoms with Crippen LogP contribution in [0, 0.1) is 0 Å². The summed E-state index contributed by atoms with van der Waals surface area (Å²) in [4.78, 5) is 22.7. The summed E-state index contributed by atoms with van der Waals surface area (Å²) in [5.74, 6) is 0.851. The van der Waals surface area contributed by atoms with Gasteiger partial charge >= 0.3 is 0 Å². The average Bonchev–Trinajstić information content (AvgIpc) is 2.46. The highest BCUT2D eigenvalue weighted by molar-refractivity contribution is 14.0. The van der Waals surface area contributed by atoms with Crippen LogP contribution in [-0.4, -0.2) is 81.9 Å². The van der Waals surface area contributed by atoms with Gasteiger partial charge in [0.25, 0.3) is 5.91 Å². The van der Waals surface area contributed by atoms with Crippen molar-refractivity contribution in [3.63, 3.8) is 0 Å². The summed E-state index contributed by atoms with van der Waals surface area (Å²) >= 11 is 0. The van der Waals surface area contributed by atoms with Gasteiger partial charge in [-0.3, -0.25) is 4.79 Å². The average molecular weight is 447 g/mol. The van der Waals surface area contributed by atoms with E-state index in [1.807, 2.05) is 81.3 Å². The standard InChI is InChI=1S/C17H29N5O.HI/c1-20(2)11-10-18-16(23)15-9-7-8-14(12-15)13-19-17(21(3)4)22(5)6;/h7-9,12H,10-11,13H2,1-6H3,(H,18,23);1H. The van der Waals surface area contributed by atoms with Crippen LogP contribution in [0.2, 0.25) is 0 Å². The lowest BCUT2D eigenvalue weighted by Gasteiger charge is -2.22. The van der Waals surface area contributed by atoms with Gasteiger partial charge in [0.15, 0.2) is 5.96 Å². The van der Waals surface area contributed by atoms with Crippen LogP contribution >= 0.6 is 24.0 Å². The highest BCUT2D eigenvalue weighted by Gasteiger charge is 2.07. The Hall–Kier alpha value is -1.35. The zero-order chi connectivity index (χ0) is 17.4. The van der Waals surface area contributed by atoms with Crippen molar-refractivity contribution in [2.24, 2.45) is 4.99 Å². The van der Waals surface area contributed by atoms with E-state index in [0.29, 0.717) is 18.7 Å². The van der Waals surface area contributed by atoms with E-state index in [0.717, 1.165) is 18.1 Å². The SMILES string of the molecule is CN(C)CCNC(=O)c1cccc(CN=C(N(C)C)N(C)C)c1.I. The normalized spacial score (nSPS) is 9.96. The number of benzene rings is 1. The summed E-state index contributed by atoms with van der Waals surface area (Å²) in [6.07, 6.45) is 0. The van der Waals surface area contributed by atoms with Gasteiger partial charge in [0.1, 0.15) is 0 Å². The van der Waals surface area contributed by atoms with Crippen molar-refractivity contribution < 1.29 is 4.79 Å². The van der Waals surface area contributed by atoms with Gasteiger partial charge in [0.2, 0.25) is 0 Å². The van der Waals surface area contributed by atoms with Gasteiger partial charge in [-0.25, -0.2) is 4.99 Å². The minimum Gasteiger partial charge on any atom is -0.351 e. The number of halogens is 1. The molecule has 1 rings (SSSR count). The Morgan fingerprint density at radius 2 is 1.71 bits per heavy atom. The summed E-state index contributed by atoms with van der Waals surface area (Å²) in [6.45, 7) is 2.01. The molecule has 0 radical (unpaired) electrons. The summed E-state index contributed by atoms with van der Waals surface area (Å²) in [5, 5.41) is 2.93. The molecule has 0 aliphatic carbocycles. The molecular formula is C17H30IN5O. The summed E-state index contributed by atoms with van der Waals surface area (Å²) < 4.78 is 0. The monoisotopic (exact) mass is 447 g/mol. The van der Waals surface area contributed by atoms with Crippen LogP contribution in [0.15, 0.2) is 29.3 Å². The molecule has 0 bridgehead atoms. The van der Waals surface area contributed by atoms with Crippen molar-refractivity contribution in [3.8, 4) is 0 Å². The van der Waals surface area contributed by atoms with Crippen LogP contribution in [0.4, 0.5) is 0 Å². The van der Waals surface area contributed by atoms with Gasteiger partial charge in [0.05, 0.1) is 6.54 Å². The van der Waals surface area contributed by atoms with Crippen molar-refractivity contribution in [1.82, 2.24) is 20.0 Å². The third kappa shape index (κ3) is 7.96. The second kappa shape index (κ2) is 11.2. The summed E-state index contributed by atoms with van der Waals surface area (Å²) in [5.41, 5.74) is 1.69. The number of aliphatic imine (C=N–C) groups is 1. The molecular weight excluding hydrogens is 417 g/mol. The van der Waals surface area contributed by atoms with Crippen LogP contribution < -0.4 is 5.32 Å². The van der Waals surface area contributed by atoms with E-state index in [1.165, 1.54) is 0 Å². The van der Waals surface area contributed by atoms with E-state index >= 15 is 0 Å². The Morgan fingerprint density at radius 3 is 2.25 bits per heavy atom. The van der Waals surface area contributed by atoms with Gasteiger partial charge in [-0.1, -0.05) is 12.1 Å². The molecule has 1 N–H and O–H groups in total. The zero-order valence-electron chi connectivity index (χ0n) is 15.5. The third-order valence-electron chi connectivity index (χ3n) is 3.24. The van der Waals surface area contributed by atoms with E-state index in [9.17, 15) is 4.79 Å². The Balaban J connectivity index is 0.00000529. The second-order valence-corrected chi connectivity index (χ2v) is 6.16. The van der Waals surface area contributed by atoms with Crippen LogP contribution in [0.1, 0.15) is 15.9 Å². The predicted molar refractivity (Wildman–Crippen MR) is 111 cm³/mol. The Bertz CT molecular complexity index is 534. The molecule has 136 valence electrons. The molecule has 24 heavy (non-hydrogen) atoms. The Morgan fingerprint density at radius 1 is 1.08 bits per heavy atom. The summed E-state index contributed by atoms with van der Waals surface area (Å²) in [6, 6.07) is 7.62. The van der Waals surface area contributed by atoms with E-state index in [-0.39, 0.29) is 29.9 Å². The first-order valence-corrected chi connectivity index (χ1v) is 7.72. The molecule has 0 fully saturated rings. The molecule has 0 saturated carbocycles. The first kappa shape index (κ1) is 22.6. The number of rotatable bonds is 6. The van der Waals surface area contributed by atoms with E-state index in [2.05, 4.69) is 10.3 Å². The fourth-order valence-corrected chi connectivity index (χ4v) is 2.15. The lowest BCUT2D eigenvalue weighted by atomic mass is 10.1. The second-order valence-electron chi connectivity index (χ2n) is 6.16. The predicted octanol–water partition coefficient (Wildman–Crippen LogP) is 1.58. The molecule has 0 aromatic heterocycles. The van der Waals surface area contributed by atoms with Crippen molar-refractivity contribution in [2.75, 3.05) is 55.4 Å². The maximum absolute atomic E-state index is 12.2. The lowest BCUT2D eigenvalue weighted by Crippen LogP contribution is -2.35. The molecule has 0 aliphatic heterocycles. The number of hydrogen-bond acceptors (Lipinski definition) is 3. The highest BCUT2D eigenvalue weighted by atomic mass is 127. The number of nitrogens with one attached hydrogen (secondary N) is 1. The topological polar surface area (TPSA) is 51.2 Å². The van der Waals surface area contributed by atoms with E-state index in [1.54, 1.807) is 0 Å². The van der Waals surface area contributed by atoms with E-state index < -0.39 is 0 Å². The number of amides is 1. The van der Waals surface area contributed by atoms with Gasteiger partial charge in [-0.15, -0.1) is 24.0 Å². The largest absolute Gasteiger partial charge is 0.351 e. The number of nitrogens with zero attached hydrogens (tertiary/aromatic N) is 4. The van der Waals surface area contributed by atoms with Crippen LogP contribution in [0.5, 0.6) is 0 Å². The van der Waals surface area contributed by atoms with Gasteiger partial charge in [-0.05, 0) is 31.8 Å². The Kier molecular flexibility index (Phi) is 10.6. The van der Waals surface area contributed by atoms with Crippen LogP contribution in [-0.2, 0) is 6.54 Å². The molecule has 1 aromatic rings.